The van der Waals surface area contributed by atoms with E-state index in [4.69, 9.17) is 0 Å². The highest BCUT2D eigenvalue weighted by molar-refractivity contribution is 6.02. The van der Waals surface area contributed by atoms with Gasteiger partial charge in [0.2, 0.25) is 0 Å². The Morgan fingerprint density at radius 3 is 2.90 bits per heavy atom. The van der Waals surface area contributed by atoms with Crippen LogP contribution in [-0.4, -0.2) is 22.0 Å². The number of pyridine rings is 1. The minimum absolute atomic E-state index is 0.0197. The van der Waals surface area contributed by atoms with Crippen molar-refractivity contribution in [3.63, 3.8) is 0 Å². The number of rotatable bonds is 2. The molecule has 1 heterocycles. The number of hydrogen-bond donors (Lipinski definition) is 2. The fourth-order valence-electron chi connectivity index (χ4n) is 3.98. The highest BCUT2D eigenvalue weighted by Crippen LogP contribution is 2.44. The number of phenolic OH excluding ortho intramolecular Hbond substituents is 1. The number of phenols is 1. The van der Waals surface area contributed by atoms with Crippen molar-refractivity contribution >= 4 is 16.8 Å². The van der Waals surface area contributed by atoms with Crippen molar-refractivity contribution in [1.82, 2.24) is 10.3 Å². The molecule has 2 N–H and O–H groups in total. The molecule has 2 aliphatic carbocycles. The number of benzene rings is 1. The van der Waals surface area contributed by atoms with Gasteiger partial charge in [0.25, 0.3) is 5.91 Å². The Balaban J connectivity index is 1.61. The van der Waals surface area contributed by atoms with Crippen molar-refractivity contribution in [2.24, 2.45) is 11.8 Å². The molecule has 1 amide bonds. The Hall–Kier alpha value is -2.10. The molecular formula is C17H18N2O2. The van der Waals surface area contributed by atoms with Gasteiger partial charge in [0.05, 0.1) is 5.56 Å². The highest BCUT2D eigenvalue weighted by Gasteiger charge is 2.40. The molecule has 0 radical (unpaired) electrons. The van der Waals surface area contributed by atoms with Gasteiger partial charge in [-0.1, -0.05) is 18.6 Å². The van der Waals surface area contributed by atoms with Gasteiger partial charge in [-0.2, -0.15) is 0 Å². The second-order valence-corrected chi connectivity index (χ2v) is 6.29. The Morgan fingerprint density at radius 1 is 1.24 bits per heavy atom. The summed E-state index contributed by atoms with van der Waals surface area (Å²) in [6.45, 7) is 0. The molecule has 4 rings (SSSR count). The van der Waals surface area contributed by atoms with Crippen LogP contribution in [0.2, 0.25) is 0 Å². The minimum atomic E-state index is -0.183. The van der Waals surface area contributed by atoms with E-state index in [-0.39, 0.29) is 17.7 Å². The van der Waals surface area contributed by atoms with Crippen LogP contribution in [0.5, 0.6) is 5.75 Å². The maximum atomic E-state index is 12.4. The van der Waals surface area contributed by atoms with E-state index >= 15 is 0 Å². The van der Waals surface area contributed by atoms with Gasteiger partial charge in [0.1, 0.15) is 5.52 Å². The summed E-state index contributed by atoms with van der Waals surface area (Å²) >= 11 is 0. The van der Waals surface area contributed by atoms with E-state index in [1.54, 1.807) is 12.3 Å². The fourth-order valence-corrected chi connectivity index (χ4v) is 3.98. The van der Waals surface area contributed by atoms with Gasteiger partial charge in [-0.05, 0) is 43.2 Å². The maximum absolute atomic E-state index is 12.4. The number of carbonyl (C=O) groups excluding carboxylic acids is 1. The monoisotopic (exact) mass is 282 g/mol. The van der Waals surface area contributed by atoms with Crippen LogP contribution in [0.1, 0.15) is 36.0 Å². The number of aromatic nitrogens is 1. The summed E-state index contributed by atoms with van der Waals surface area (Å²) < 4.78 is 0. The van der Waals surface area contributed by atoms with Crippen LogP contribution in [0.3, 0.4) is 0 Å². The lowest BCUT2D eigenvalue weighted by molar-refractivity contribution is 0.0920. The first-order chi connectivity index (χ1) is 10.2. The Bertz CT molecular complexity index is 713. The van der Waals surface area contributed by atoms with Crippen LogP contribution >= 0.6 is 0 Å². The first-order valence-corrected chi connectivity index (χ1v) is 7.60. The maximum Gasteiger partial charge on any atom is 0.255 e. The topological polar surface area (TPSA) is 62.2 Å². The largest absolute Gasteiger partial charge is 0.505 e. The summed E-state index contributed by atoms with van der Waals surface area (Å²) in [5.74, 6) is 1.21. The van der Waals surface area contributed by atoms with Crippen molar-refractivity contribution in [3.8, 4) is 5.75 Å². The molecule has 2 bridgehead atoms. The second-order valence-electron chi connectivity index (χ2n) is 6.29. The van der Waals surface area contributed by atoms with Gasteiger partial charge in [0, 0.05) is 17.6 Å². The Morgan fingerprint density at radius 2 is 2.14 bits per heavy atom. The Labute approximate surface area is 123 Å². The van der Waals surface area contributed by atoms with Crippen molar-refractivity contribution in [3.05, 3.63) is 36.0 Å². The van der Waals surface area contributed by atoms with Crippen LogP contribution < -0.4 is 5.32 Å². The van der Waals surface area contributed by atoms with Gasteiger partial charge in [-0.25, -0.2) is 0 Å². The molecule has 21 heavy (non-hydrogen) atoms. The average Bonchev–Trinajstić information content (AvgIpc) is 3.10. The molecule has 4 nitrogen and oxygen atoms in total. The minimum Gasteiger partial charge on any atom is -0.505 e. The zero-order chi connectivity index (χ0) is 14.4. The van der Waals surface area contributed by atoms with Gasteiger partial charge in [-0.3, -0.25) is 9.78 Å². The lowest BCUT2D eigenvalue weighted by Gasteiger charge is -2.23. The lowest BCUT2D eigenvalue weighted by Crippen LogP contribution is -2.38. The van der Waals surface area contributed by atoms with Crippen molar-refractivity contribution < 1.29 is 9.90 Å². The molecule has 2 aliphatic rings. The molecule has 108 valence electrons. The van der Waals surface area contributed by atoms with Gasteiger partial charge in [0.15, 0.2) is 5.75 Å². The first-order valence-electron chi connectivity index (χ1n) is 7.60. The second kappa shape index (κ2) is 4.72. The molecule has 2 fully saturated rings. The quantitative estimate of drug-likeness (QED) is 0.890. The molecule has 0 saturated heterocycles. The van der Waals surface area contributed by atoms with Gasteiger partial charge < -0.3 is 10.4 Å². The van der Waals surface area contributed by atoms with Crippen LogP contribution in [0.25, 0.3) is 10.9 Å². The number of carbonyl (C=O) groups is 1. The number of nitrogens with one attached hydrogen (secondary N) is 1. The van der Waals surface area contributed by atoms with E-state index in [1.165, 1.54) is 19.3 Å². The zero-order valence-corrected chi connectivity index (χ0v) is 11.7. The summed E-state index contributed by atoms with van der Waals surface area (Å²) in [6.07, 6.45) is 6.49. The number of amides is 1. The molecule has 2 saturated carbocycles. The molecule has 2 aromatic rings. The fraction of sp³-hybridized carbons (Fsp3) is 0.412. The summed E-state index contributed by atoms with van der Waals surface area (Å²) in [5.41, 5.74) is 0.807. The SMILES string of the molecule is O=C(NC1CC2CCC1C2)c1ccc2cccnc2c1O. The predicted octanol–water partition coefficient (Wildman–Crippen LogP) is 2.86. The van der Waals surface area contributed by atoms with E-state index in [1.807, 2.05) is 18.2 Å². The smallest absolute Gasteiger partial charge is 0.255 e. The summed E-state index contributed by atoms with van der Waals surface area (Å²) in [6, 6.07) is 7.48. The van der Waals surface area contributed by atoms with Gasteiger partial charge in [-0.15, -0.1) is 0 Å². The molecular weight excluding hydrogens is 264 g/mol. The average molecular weight is 282 g/mol. The molecule has 4 heteroatoms. The van der Waals surface area contributed by atoms with Crippen LogP contribution in [0, 0.1) is 11.8 Å². The third kappa shape index (κ3) is 2.06. The number of hydrogen-bond acceptors (Lipinski definition) is 3. The van der Waals surface area contributed by atoms with Gasteiger partial charge >= 0.3 is 0 Å². The predicted molar refractivity (Wildman–Crippen MR) is 80.1 cm³/mol. The summed E-state index contributed by atoms with van der Waals surface area (Å²) in [7, 11) is 0. The first kappa shape index (κ1) is 12.6. The van der Waals surface area contributed by atoms with Crippen molar-refractivity contribution in [2.75, 3.05) is 0 Å². The molecule has 3 unspecified atom stereocenters. The lowest BCUT2D eigenvalue weighted by atomic mass is 9.95. The van der Waals surface area contributed by atoms with E-state index in [0.29, 0.717) is 17.0 Å². The van der Waals surface area contributed by atoms with Crippen LogP contribution in [0.15, 0.2) is 30.5 Å². The van der Waals surface area contributed by atoms with Crippen molar-refractivity contribution in [1.29, 1.82) is 0 Å². The van der Waals surface area contributed by atoms with E-state index in [9.17, 15) is 9.90 Å². The molecule has 1 aromatic carbocycles. The standard InChI is InChI=1S/C17H18N2O2/c20-16-13(6-5-11-2-1-7-18-15(11)16)17(21)19-14-9-10-3-4-12(14)8-10/h1-2,5-7,10,12,14,20H,3-4,8-9H2,(H,19,21). The van der Waals surface area contributed by atoms with E-state index in [0.717, 1.165) is 17.7 Å². The van der Waals surface area contributed by atoms with E-state index < -0.39 is 0 Å². The Kier molecular flexibility index (Phi) is 2.84. The summed E-state index contributed by atoms with van der Waals surface area (Å²) in [4.78, 5) is 16.6. The van der Waals surface area contributed by atoms with Crippen molar-refractivity contribution in [2.45, 2.75) is 31.7 Å². The third-order valence-corrected chi connectivity index (χ3v) is 5.05. The molecule has 0 spiro atoms. The van der Waals surface area contributed by atoms with E-state index in [2.05, 4.69) is 10.3 Å². The van der Waals surface area contributed by atoms with Crippen LogP contribution in [-0.2, 0) is 0 Å². The number of fused-ring (bicyclic) bond motifs is 3. The highest BCUT2D eigenvalue weighted by atomic mass is 16.3. The summed E-state index contributed by atoms with van der Waals surface area (Å²) in [5, 5.41) is 14.2. The zero-order valence-electron chi connectivity index (χ0n) is 11.7. The normalized spacial score (nSPS) is 27.1. The molecule has 0 aliphatic heterocycles. The number of nitrogens with zero attached hydrogens (tertiary/aromatic N) is 1. The molecule has 3 atom stereocenters. The van der Waals surface area contributed by atoms with Crippen LogP contribution in [0.4, 0.5) is 0 Å². The molecule has 1 aromatic heterocycles. The third-order valence-electron chi connectivity index (χ3n) is 5.05. The number of aromatic hydroxyl groups is 1.